The third-order valence-electron chi connectivity index (χ3n) is 5.27. The van der Waals surface area contributed by atoms with E-state index in [1.165, 1.54) is 37.8 Å². The maximum Gasteiger partial charge on any atom is 0.253 e. The van der Waals surface area contributed by atoms with E-state index in [0.29, 0.717) is 33.3 Å². The summed E-state index contributed by atoms with van der Waals surface area (Å²) in [5, 5.41) is 10.3. The third kappa shape index (κ3) is 5.44. The van der Waals surface area contributed by atoms with Gasteiger partial charge in [0.05, 0.1) is 42.4 Å². The molecule has 0 aliphatic rings. The third-order valence-corrected chi connectivity index (χ3v) is 6.44. The zero-order chi connectivity index (χ0) is 25.0. The molecule has 4 aromatic rings. The molecule has 10 nitrogen and oxygen atoms in total. The normalized spacial score (nSPS) is 11.5. The minimum atomic E-state index is -3.52. The van der Waals surface area contributed by atoms with Crippen molar-refractivity contribution in [2.75, 3.05) is 30.8 Å². The second kappa shape index (κ2) is 10.2. The number of hydrogen-bond acceptors (Lipinski definition) is 7. The van der Waals surface area contributed by atoms with Gasteiger partial charge in [0.15, 0.2) is 0 Å². The maximum atomic E-state index is 13.3. The number of nitrogens with zero attached hydrogens (tertiary/aromatic N) is 4. The Morgan fingerprint density at radius 2 is 1.89 bits per heavy atom. The van der Waals surface area contributed by atoms with Crippen LogP contribution in [-0.2, 0) is 21.3 Å². The van der Waals surface area contributed by atoms with Crippen LogP contribution in [-0.4, -0.2) is 61.0 Å². The molecule has 0 spiro atoms. The maximum absolute atomic E-state index is 13.3. The molecule has 0 fully saturated rings. The number of benzene rings is 1. The van der Waals surface area contributed by atoms with Gasteiger partial charge in [-0.05, 0) is 35.9 Å². The Morgan fingerprint density at radius 1 is 1.11 bits per heavy atom. The van der Waals surface area contributed by atoms with Crippen LogP contribution < -0.4 is 9.62 Å². The van der Waals surface area contributed by atoms with Gasteiger partial charge in [0.2, 0.25) is 10.0 Å². The zero-order valence-electron chi connectivity index (χ0n) is 19.0. The lowest BCUT2D eigenvalue weighted by atomic mass is 10.1. The van der Waals surface area contributed by atoms with Gasteiger partial charge in [-0.25, -0.2) is 17.8 Å². The molecule has 0 aliphatic heterocycles. The number of H-pyrrole nitrogens is 1. The van der Waals surface area contributed by atoms with Gasteiger partial charge < -0.3 is 10.1 Å². The Kier molecular flexibility index (Phi) is 7.03. The molecule has 0 saturated heterocycles. The molecule has 1 aromatic carbocycles. The fourth-order valence-electron chi connectivity index (χ4n) is 3.51. The predicted octanol–water partition coefficient (Wildman–Crippen LogP) is 2.50. The van der Waals surface area contributed by atoms with E-state index in [-0.39, 0.29) is 37.2 Å². The van der Waals surface area contributed by atoms with Crippen LogP contribution >= 0.6 is 0 Å². The summed E-state index contributed by atoms with van der Waals surface area (Å²) in [6.45, 7) is 0.533. The highest BCUT2D eigenvalue weighted by Crippen LogP contribution is 2.27. The molecular weight excluding hydrogens is 475 g/mol. The van der Waals surface area contributed by atoms with Crippen LogP contribution in [0.15, 0.2) is 55.0 Å². The summed E-state index contributed by atoms with van der Waals surface area (Å²) < 4.78 is 43.5. The standard InChI is InChI=1S/C23H23FN6O4S/c1-34-10-9-30(35(2,32)33)20-8-3-15(11-25-20)12-27-23(31)19-13-26-21(22-18(19)14-28-29-22)16-4-6-17(24)7-5-16/h3-8,11,13-14H,9-10,12H2,1-2H3,(H,27,31)(H,28,29). The van der Waals surface area contributed by atoms with Gasteiger partial charge in [0, 0.05) is 37.0 Å². The highest BCUT2D eigenvalue weighted by molar-refractivity contribution is 7.92. The van der Waals surface area contributed by atoms with Crippen LogP contribution in [0.5, 0.6) is 0 Å². The lowest BCUT2D eigenvalue weighted by molar-refractivity contribution is 0.0952. The quantitative estimate of drug-likeness (QED) is 0.363. The molecule has 0 atom stereocenters. The Labute approximate surface area is 201 Å². The van der Waals surface area contributed by atoms with E-state index in [0.717, 1.165) is 10.6 Å². The summed E-state index contributed by atoms with van der Waals surface area (Å²) in [5.74, 6) is -0.455. The molecule has 3 aromatic heterocycles. The SMILES string of the molecule is COCCN(c1ccc(CNC(=O)c2cnc(-c3ccc(F)cc3)c3[nH]ncc23)cn1)S(C)(=O)=O. The monoisotopic (exact) mass is 498 g/mol. The number of fused-ring (bicyclic) bond motifs is 1. The van der Waals surface area contributed by atoms with E-state index in [2.05, 4.69) is 25.5 Å². The second-order valence-corrected chi connectivity index (χ2v) is 9.63. The molecule has 0 bridgehead atoms. The van der Waals surface area contributed by atoms with Crippen molar-refractivity contribution in [1.29, 1.82) is 0 Å². The topological polar surface area (TPSA) is 130 Å². The number of anilines is 1. The van der Waals surface area contributed by atoms with Gasteiger partial charge in [-0.15, -0.1) is 0 Å². The molecule has 2 N–H and O–H groups in total. The second-order valence-electron chi connectivity index (χ2n) is 7.72. The van der Waals surface area contributed by atoms with Crippen molar-refractivity contribution in [3.05, 3.63) is 71.9 Å². The van der Waals surface area contributed by atoms with Gasteiger partial charge in [-0.1, -0.05) is 6.07 Å². The van der Waals surface area contributed by atoms with Crippen LogP contribution in [0.3, 0.4) is 0 Å². The fraction of sp³-hybridized carbons (Fsp3) is 0.217. The van der Waals surface area contributed by atoms with Crippen molar-refractivity contribution in [2.45, 2.75) is 6.54 Å². The van der Waals surface area contributed by atoms with E-state index < -0.39 is 10.0 Å². The lowest BCUT2D eigenvalue weighted by Gasteiger charge is -2.21. The molecule has 3 heterocycles. The number of ether oxygens (including phenoxy) is 1. The van der Waals surface area contributed by atoms with Crippen molar-refractivity contribution in [2.24, 2.45) is 0 Å². The number of amides is 1. The molecule has 35 heavy (non-hydrogen) atoms. The highest BCUT2D eigenvalue weighted by atomic mass is 32.2. The number of sulfonamides is 1. The molecular formula is C23H23FN6O4S. The molecule has 12 heteroatoms. The predicted molar refractivity (Wildman–Crippen MR) is 129 cm³/mol. The van der Waals surface area contributed by atoms with E-state index in [4.69, 9.17) is 4.74 Å². The molecule has 0 radical (unpaired) electrons. The summed E-state index contributed by atoms with van der Waals surface area (Å²) in [4.78, 5) is 21.5. The number of rotatable bonds is 9. The van der Waals surface area contributed by atoms with Crippen LogP contribution in [0, 0.1) is 5.82 Å². The molecule has 0 unspecified atom stereocenters. The lowest BCUT2D eigenvalue weighted by Crippen LogP contribution is -2.33. The fourth-order valence-corrected chi connectivity index (χ4v) is 4.37. The number of nitrogens with one attached hydrogen (secondary N) is 2. The largest absolute Gasteiger partial charge is 0.383 e. The molecule has 0 aliphatic carbocycles. The van der Waals surface area contributed by atoms with E-state index >= 15 is 0 Å². The van der Waals surface area contributed by atoms with Gasteiger partial charge in [0.1, 0.15) is 11.6 Å². The average Bonchev–Trinajstić information content (AvgIpc) is 3.33. The van der Waals surface area contributed by atoms with Crippen LogP contribution in [0.1, 0.15) is 15.9 Å². The molecule has 1 amide bonds. The zero-order valence-corrected chi connectivity index (χ0v) is 19.8. The van der Waals surface area contributed by atoms with Crippen molar-refractivity contribution in [3.63, 3.8) is 0 Å². The van der Waals surface area contributed by atoms with Crippen molar-refractivity contribution >= 4 is 32.7 Å². The minimum absolute atomic E-state index is 0.139. The van der Waals surface area contributed by atoms with Gasteiger partial charge >= 0.3 is 0 Å². The number of carbonyl (C=O) groups excluding carboxylic acids is 1. The summed E-state index contributed by atoms with van der Waals surface area (Å²) in [7, 11) is -2.03. The van der Waals surface area contributed by atoms with Crippen molar-refractivity contribution < 1.29 is 22.3 Å². The van der Waals surface area contributed by atoms with E-state index in [1.54, 1.807) is 24.3 Å². The first-order chi connectivity index (χ1) is 16.8. The summed E-state index contributed by atoms with van der Waals surface area (Å²) in [6.07, 6.45) is 5.59. The number of methoxy groups -OCH3 is 1. The van der Waals surface area contributed by atoms with E-state index in [9.17, 15) is 17.6 Å². The minimum Gasteiger partial charge on any atom is -0.383 e. The summed E-state index contributed by atoms with van der Waals surface area (Å²) in [5.41, 5.74) is 2.81. The molecule has 182 valence electrons. The number of aromatic nitrogens is 4. The van der Waals surface area contributed by atoms with Crippen LogP contribution in [0.25, 0.3) is 22.2 Å². The van der Waals surface area contributed by atoms with Crippen LogP contribution in [0.2, 0.25) is 0 Å². The Morgan fingerprint density at radius 3 is 2.54 bits per heavy atom. The number of aromatic amines is 1. The average molecular weight is 499 g/mol. The summed E-state index contributed by atoms with van der Waals surface area (Å²) >= 11 is 0. The first-order valence-electron chi connectivity index (χ1n) is 10.6. The summed E-state index contributed by atoms with van der Waals surface area (Å²) in [6, 6.07) is 9.16. The Bertz CT molecular complexity index is 1440. The van der Waals surface area contributed by atoms with Gasteiger partial charge in [0.25, 0.3) is 5.91 Å². The Balaban J connectivity index is 1.49. The van der Waals surface area contributed by atoms with E-state index in [1.807, 2.05) is 0 Å². The first kappa shape index (κ1) is 24.2. The smallest absolute Gasteiger partial charge is 0.253 e. The van der Waals surface area contributed by atoms with Gasteiger partial charge in [-0.3, -0.25) is 19.2 Å². The number of halogens is 1. The van der Waals surface area contributed by atoms with Crippen molar-refractivity contribution in [3.8, 4) is 11.3 Å². The first-order valence-corrected chi connectivity index (χ1v) is 12.4. The number of hydrogen-bond donors (Lipinski definition) is 2. The van der Waals surface area contributed by atoms with Gasteiger partial charge in [-0.2, -0.15) is 5.10 Å². The van der Waals surface area contributed by atoms with Crippen LogP contribution in [0.4, 0.5) is 10.2 Å². The number of pyridine rings is 2. The molecule has 4 rings (SSSR count). The van der Waals surface area contributed by atoms with Crippen molar-refractivity contribution in [1.82, 2.24) is 25.5 Å². The Hall–Kier alpha value is -3.90. The molecule has 0 saturated carbocycles. The number of carbonyl (C=O) groups is 1. The highest BCUT2D eigenvalue weighted by Gasteiger charge is 2.19.